The molecule has 2 N–H and O–H groups in total. The third-order valence-electron chi connectivity index (χ3n) is 6.47. The number of halogens is 1. The van der Waals surface area contributed by atoms with E-state index in [0.717, 1.165) is 65.9 Å². The van der Waals surface area contributed by atoms with E-state index in [-0.39, 0.29) is 18.3 Å². The van der Waals surface area contributed by atoms with Gasteiger partial charge in [0.15, 0.2) is 0 Å². The van der Waals surface area contributed by atoms with Crippen LogP contribution in [0.2, 0.25) is 0 Å². The van der Waals surface area contributed by atoms with Gasteiger partial charge >= 0.3 is 0 Å². The number of carbonyl (C=O) groups excluding carboxylic acids is 1. The van der Waals surface area contributed by atoms with Crippen molar-refractivity contribution >= 4 is 45.9 Å². The summed E-state index contributed by atoms with van der Waals surface area (Å²) in [6.45, 7) is 5.09. The van der Waals surface area contributed by atoms with Gasteiger partial charge in [0.2, 0.25) is 0 Å². The fourth-order valence-corrected chi connectivity index (χ4v) is 4.62. The Labute approximate surface area is 215 Å². The van der Waals surface area contributed by atoms with Crippen molar-refractivity contribution in [1.82, 2.24) is 15.2 Å². The van der Waals surface area contributed by atoms with Crippen molar-refractivity contribution in [2.24, 2.45) is 0 Å². The highest BCUT2D eigenvalue weighted by Gasteiger charge is 2.16. The minimum Gasteiger partial charge on any atom is -0.456 e. The highest BCUT2D eigenvalue weighted by molar-refractivity contribution is 6.06. The molecule has 0 radical (unpaired) electrons. The molecule has 36 heavy (non-hydrogen) atoms. The first-order valence-corrected chi connectivity index (χ1v) is 11.9. The van der Waals surface area contributed by atoms with E-state index in [9.17, 15) is 4.79 Å². The molecule has 6 rings (SSSR count). The monoisotopic (exact) mass is 498 g/mol. The van der Waals surface area contributed by atoms with Crippen molar-refractivity contribution in [1.29, 1.82) is 0 Å². The number of anilines is 1. The Kier molecular flexibility index (Phi) is 7.00. The normalized spacial score (nSPS) is 14.0. The summed E-state index contributed by atoms with van der Waals surface area (Å²) in [4.78, 5) is 20.0. The number of aromatic nitrogens is 1. The molecule has 3 heterocycles. The number of nitrogens with zero attached hydrogens (tertiary/aromatic N) is 2. The number of nitrogens with one attached hydrogen (secondary N) is 2. The Hall–Kier alpha value is -3.71. The van der Waals surface area contributed by atoms with E-state index in [1.165, 1.54) is 5.56 Å². The number of hydrogen-bond acceptors (Lipinski definition) is 5. The van der Waals surface area contributed by atoms with Gasteiger partial charge in [0, 0.05) is 49.1 Å². The zero-order chi connectivity index (χ0) is 23.6. The summed E-state index contributed by atoms with van der Waals surface area (Å²) in [5, 5.41) is 8.47. The minimum absolute atomic E-state index is 0. The fourth-order valence-electron chi connectivity index (χ4n) is 4.62. The summed E-state index contributed by atoms with van der Waals surface area (Å²) in [7, 11) is 0. The molecule has 1 amide bonds. The molecule has 0 bridgehead atoms. The Morgan fingerprint density at radius 3 is 2.58 bits per heavy atom. The number of furan rings is 1. The van der Waals surface area contributed by atoms with E-state index in [1.54, 1.807) is 6.07 Å². The van der Waals surface area contributed by atoms with Gasteiger partial charge in [-0.15, -0.1) is 12.4 Å². The van der Waals surface area contributed by atoms with E-state index in [1.807, 2.05) is 60.7 Å². The molecule has 2 aromatic heterocycles. The molecule has 5 aromatic rings. The molecule has 0 aliphatic carbocycles. The van der Waals surface area contributed by atoms with Crippen molar-refractivity contribution in [3.05, 3.63) is 96.2 Å². The number of rotatable bonds is 5. The van der Waals surface area contributed by atoms with Crippen molar-refractivity contribution in [3.8, 4) is 11.3 Å². The summed E-state index contributed by atoms with van der Waals surface area (Å²) >= 11 is 0. The number of pyridine rings is 1. The van der Waals surface area contributed by atoms with Crippen LogP contribution in [0.4, 0.5) is 5.69 Å². The van der Waals surface area contributed by atoms with Crippen LogP contribution >= 0.6 is 12.4 Å². The Bertz CT molecular complexity index is 1520. The predicted octanol–water partition coefficient (Wildman–Crippen LogP) is 5.73. The molecular weight excluding hydrogens is 472 g/mol. The van der Waals surface area contributed by atoms with Gasteiger partial charge in [-0.2, -0.15) is 0 Å². The minimum atomic E-state index is -0.252. The van der Waals surface area contributed by atoms with Crippen LogP contribution in [0.3, 0.4) is 0 Å². The average molecular weight is 499 g/mol. The van der Waals surface area contributed by atoms with Gasteiger partial charge in [-0.1, -0.05) is 48.5 Å². The van der Waals surface area contributed by atoms with Crippen LogP contribution in [0.15, 0.2) is 89.3 Å². The van der Waals surface area contributed by atoms with Crippen LogP contribution < -0.4 is 10.6 Å². The summed E-state index contributed by atoms with van der Waals surface area (Å²) in [5.41, 5.74) is 4.78. The zero-order valence-corrected chi connectivity index (χ0v) is 20.6. The van der Waals surface area contributed by atoms with Crippen molar-refractivity contribution in [2.45, 2.75) is 6.54 Å². The lowest BCUT2D eigenvalue weighted by molar-refractivity contribution is 0.102. The predicted molar refractivity (Wildman–Crippen MR) is 147 cm³/mol. The molecule has 0 unspecified atom stereocenters. The summed E-state index contributed by atoms with van der Waals surface area (Å²) < 4.78 is 6.27. The molecule has 1 aliphatic heterocycles. The third kappa shape index (κ3) is 4.97. The standard InChI is InChI=1S/C29H26N4O2.ClH/c34-29(26-12-11-21-5-1-3-7-24(21)31-26)32-25-8-4-2-6-23(25)28-18-22-10-9-20(17-27(22)35-28)19-33-15-13-30-14-16-33;/h1-12,17-18,30H,13-16,19H2,(H,32,34);1H. The topological polar surface area (TPSA) is 70.4 Å². The quantitative estimate of drug-likeness (QED) is 0.324. The molecule has 0 spiro atoms. The first-order valence-electron chi connectivity index (χ1n) is 11.9. The maximum absolute atomic E-state index is 13.0. The SMILES string of the molecule is Cl.O=C(Nc1ccccc1-c1cc2ccc(CN3CCNCC3)cc2o1)c1ccc2ccccc2n1. The van der Waals surface area contributed by atoms with E-state index in [2.05, 4.69) is 38.7 Å². The molecule has 1 saturated heterocycles. The van der Waals surface area contributed by atoms with Crippen LogP contribution in [-0.4, -0.2) is 42.0 Å². The number of piperazine rings is 1. The van der Waals surface area contributed by atoms with Crippen molar-refractivity contribution < 1.29 is 9.21 Å². The van der Waals surface area contributed by atoms with Crippen LogP contribution in [0.5, 0.6) is 0 Å². The Morgan fingerprint density at radius 2 is 1.69 bits per heavy atom. The first kappa shape index (κ1) is 24.0. The van der Waals surface area contributed by atoms with Crippen molar-refractivity contribution in [3.63, 3.8) is 0 Å². The van der Waals surface area contributed by atoms with Crippen LogP contribution in [0.1, 0.15) is 16.1 Å². The van der Waals surface area contributed by atoms with Gasteiger partial charge < -0.3 is 15.1 Å². The molecule has 0 atom stereocenters. The molecule has 7 heteroatoms. The highest BCUT2D eigenvalue weighted by atomic mass is 35.5. The summed E-state index contributed by atoms with van der Waals surface area (Å²) in [6, 6.07) is 27.6. The Morgan fingerprint density at radius 1 is 0.917 bits per heavy atom. The lowest BCUT2D eigenvalue weighted by Gasteiger charge is -2.27. The van der Waals surface area contributed by atoms with Gasteiger partial charge in [0.25, 0.3) is 5.91 Å². The molecule has 6 nitrogen and oxygen atoms in total. The molecule has 1 fully saturated rings. The highest BCUT2D eigenvalue weighted by Crippen LogP contribution is 2.33. The van der Waals surface area contributed by atoms with Gasteiger partial charge in [0.1, 0.15) is 17.0 Å². The second-order valence-corrected chi connectivity index (χ2v) is 8.90. The van der Waals surface area contributed by atoms with E-state index in [0.29, 0.717) is 11.4 Å². The maximum atomic E-state index is 13.0. The first-order chi connectivity index (χ1) is 17.2. The number of benzene rings is 3. The number of para-hydroxylation sites is 2. The largest absolute Gasteiger partial charge is 0.456 e. The van der Waals surface area contributed by atoms with Crippen molar-refractivity contribution in [2.75, 3.05) is 31.5 Å². The number of hydrogen-bond donors (Lipinski definition) is 2. The van der Waals surface area contributed by atoms with Gasteiger partial charge in [0.05, 0.1) is 11.2 Å². The van der Waals surface area contributed by atoms with Crippen LogP contribution in [0, 0.1) is 0 Å². The van der Waals surface area contributed by atoms with E-state index in [4.69, 9.17) is 4.42 Å². The lowest BCUT2D eigenvalue weighted by Crippen LogP contribution is -2.42. The lowest BCUT2D eigenvalue weighted by atomic mass is 10.1. The molecule has 3 aromatic carbocycles. The second kappa shape index (κ2) is 10.5. The number of carbonyl (C=O) groups is 1. The number of amides is 1. The maximum Gasteiger partial charge on any atom is 0.274 e. The van der Waals surface area contributed by atoms with Gasteiger partial charge in [-0.3, -0.25) is 9.69 Å². The van der Waals surface area contributed by atoms with Crippen LogP contribution in [-0.2, 0) is 6.54 Å². The zero-order valence-electron chi connectivity index (χ0n) is 19.7. The summed E-state index contributed by atoms with van der Waals surface area (Å²) in [6.07, 6.45) is 0. The second-order valence-electron chi connectivity index (χ2n) is 8.90. The van der Waals surface area contributed by atoms with E-state index >= 15 is 0 Å². The van der Waals surface area contributed by atoms with Gasteiger partial charge in [-0.25, -0.2) is 4.98 Å². The average Bonchev–Trinajstić information content (AvgIpc) is 3.32. The van der Waals surface area contributed by atoms with E-state index < -0.39 is 0 Å². The third-order valence-corrected chi connectivity index (χ3v) is 6.47. The summed E-state index contributed by atoms with van der Waals surface area (Å²) in [5.74, 6) is 0.472. The fraction of sp³-hybridized carbons (Fsp3) is 0.172. The van der Waals surface area contributed by atoms with Crippen LogP contribution in [0.25, 0.3) is 33.2 Å². The molecular formula is C29H27ClN4O2. The van der Waals surface area contributed by atoms with Gasteiger partial charge in [-0.05, 0) is 42.0 Å². The number of fused-ring (bicyclic) bond motifs is 2. The molecule has 0 saturated carbocycles. The Balaban J connectivity index is 0.00000267. The smallest absolute Gasteiger partial charge is 0.274 e. The molecule has 182 valence electrons. The molecule has 1 aliphatic rings.